The van der Waals surface area contributed by atoms with E-state index in [9.17, 15) is 9.59 Å². The van der Waals surface area contributed by atoms with Gasteiger partial charge in [0, 0.05) is 0 Å². The minimum absolute atomic E-state index is 0.0486. The summed E-state index contributed by atoms with van der Waals surface area (Å²) in [6, 6.07) is 6.57. The van der Waals surface area contributed by atoms with Crippen LogP contribution in [0.3, 0.4) is 0 Å². The average Bonchev–Trinajstić information content (AvgIpc) is 2.83. The van der Waals surface area contributed by atoms with Crippen molar-refractivity contribution in [3.05, 3.63) is 35.4 Å². The van der Waals surface area contributed by atoms with E-state index in [0.29, 0.717) is 17.7 Å². The number of hydrogen-bond donors (Lipinski definition) is 0. The molecule has 1 aromatic carbocycles. The Morgan fingerprint density at radius 3 is 1.55 bits per heavy atom. The molecule has 4 heteroatoms. The highest BCUT2D eigenvalue weighted by molar-refractivity contribution is 5.93. The lowest BCUT2D eigenvalue weighted by Gasteiger charge is -2.15. The molecular formula is C29H48O4. The molecule has 1 rings (SSSR count). The van der Waals surface area contributed by atoms with Crippen molar-refractivity contribution in [2.24, 2.45) is 0 Å². The van der Waals surface area contributed by atoms with Gasteiger partial charge in [0.25, 0.3) is 0 Å². The molecule has 0 heterocycles. The Morgan fingerprint density at radius 2 is 1.09 bits per heavy atom. The minimum Gasteiger partial charge on any atom is -0.462 e. The fraction of sp³-hybridized carbons (Fsp3) is 0.724. The van der Waals surface area contributed by atoms with Crippen LogP contribution in [-0.2, 0) is 9.47 Å². The molecule has 188 valence electrons. The fourth-order valence-electron chi connectivity index (χ4n) is 4.00. The molecule has 0 bridgehead atoms. The average molecular weight is 461 g/mol. The first-order chi connectivity index (χ1) is 16.1. The summed E-state index contributed by atoms with van der Waals surface area (Å²) < 4.78 is 10.9. The number of unbranched alkanes of at least 4 members (excludes halogenated alkanes) is 12. The molecule has 0 radical (unpaired) electrons. The maximum atomic E-state index is 12.3. The van der Waals surface area contributed by atoms with Gasteiger partial charge in [-0.1, -0.05) is 104 Å². The lowest BCUT2D eigenvalue weighted by molar-refractivity contribution is 0.0270. The second-order valence-electron chi connectivity index (χ2n) is 9.18. The topological polar surface area (TPSA) is 52.6 Å². The first-order valence-corrected chi connectivity index (χ1v) is 13.6. The van der Waals surface area contributed by atoms with Crippen molar-refractivity contribution in [3.8, 4) is 0 Å². The molecule has 0 amide bonds. The number of rotatable bonds is 20. The summed E-state index contributed by atoms with van der Waals surface area (Å²) in [6.45, 7) is 6.81. The van der Waals surface area contributed by atoms with Crippen LogP contribution in [0.25, 0.3) is 0 Å². The number of hydrogen-bond acceptors (Lipinski definition) is 4. The van der Waals surface area contributed by atoms with Gasteiger partial charge in [0.05, 0.1) is 17.7 Å². The zero-order valence-corrected chi connectivity index (χ0v) is 21.5. The van der Waals surface area contributed by atoms with Gasteiger partial charge in [-0.2, -0.15) is 0 Å². The predicted molar refractivity (Wildman–Crippen MR) is 137 cm³/mol. The zero-order valence-electron chi connectivity index (χ0n) is 21.5. The SMILES string of the molecule is CCCCCCCCCCCCCCCOC(=O)c1ccc(C(=O)OC(CC)CCC)cc1. The molecule has 1 aromatic rings. The number of carbonyl (C=O) groups excluding carboxylic acids is 2. The van der Waals surface area contributed by atoms with Crippen molar-refractivity contribution in [2.75, 3.05) is 6.61 Å². The van der Waals surface area contributed by atoms with Crippen LogP contribution in [0.15, 0.2) is 24.3 Å². The Kier molecular flexibility index (Phi) is 17.4. The van der Waals surface area contributed by atoms with Crippen LogP contribution in [0.4, 0.5) is 0 Å². The molecule has 33 heavy (non-hydrogen) atoms. The number of carbonyl (C=O) groups is 2. The van der Waals surface area contributed by atoms with Crippen LogP contribution in [0, 0.1) is 0 Å². The van der Waals surface area contributed by atoms with E-state index in [1.807, 2.05) is 6.92 Å². The molecule has 0 saturated heterocycles. The van der Waals surface area contributed by atoms with Gasteiger partial charge in [-0.15, -0.1) is 0 Å². The largest absolute Gasteiger partial charge is 0.462 e. The maximum Gasteiger partial charge on any atom is 0.338 e. The lowest BCUT2D eigenvalue weighted by Crippen LogP contribution is -2.17. The number of ether oxygens (including phenoxy) is 2. The quantitative estimate of drug-likeness (QED) is 0.144. The molecule has 0 aliphatic carbocycles. The summed E-state index contributed by atoms with van der Waals surface area (Å²) in [6.07, 6.45) is 19.5. The number of benzene rings is 1. The van der Waals surface area contributed by atoms with Crippen molar-refractivity contribution < 1.29 is 19.1 Å². The zero-order chi connectivity index (χ0) is 24.2. The predicted octanol–water partition coefficient (Wildman–Crippen LogP) is 8.67. The maximum absolute atomic E-state index is 12.3. The van der Waals surface area contributed by atoms with Crippen LogP contribution >= 0.6 is 0 Å². The third-order valence-corrected chi connectivity index (χ3v) is 6.18. The molecule has 1 atom stereocenters. The second kappa shape index (κ2) is 19.6. The molecule has 0 fully saturated rings. The summed E-state index contributed by atoms with van der Waals surface area (Å²) in [7, 11) is 0. The third kappa shape index (κ3) is 14.1. The molecular weight excluding hydrogens is 412 g/mol. The van der Waals surface area contributed by atoms with Crippen LogP contribution in [0.5, 0.6) is 0 Å². The van der Waals surface area contributed by atoms with Gasteiger partial charge in [-0.25, -0.2) is 9.59 Å². The molecule has 0 aromatic heterocycles. The van der Waals surface area contributed by atoms with E-state index < -0.39 is 0 Å². The summed E-state index contributed by atoms with van der Waals surface area (Å²) in [4.78, 5) is 24.5. The van der Waals surface area contributed by atoms with Crippen molar-refractivity contribution in [2.45, 2.75) is 130 Å². The highest BCUT2D eigenvalue weighted by atomic mass is 16.5. The third-order valence-electron chi connectivity index (χ3n) is 6.18. The summed E-state index contributed by atoms with van der Waals surface area (Å²) in [5.41, 5.74) is 0.944. The fourth-order valence-corrected chi connectivity index (χ4v) is 4.00. The first kappa shape index (κ1) is 29.2. The first-order valence-electron chi connectivity index (χ1n) is 13.6. The van der Waals surface area contributed by atoms with Crippen LogP contribution in [0.1, 0.15) is 144 Å². The van der Waals surface area contributed by atoms with E-state index in [2.05, 4.69) is 13.8 Å². The van der Waals surface area contributed by atoms with Crippen molar-refractivity contribution in [1.82, 2.24) is 0 Å². The van der Waals surface area contributed by atoms with Gasteiger partial charge < -0.3 is 9.47 Å². The monoisotopic (exact) mass is 460 g/mol. The highest BCUT2D eigenvalue weighted by Crippen LogP contribution is 2.14. The standard InChI is InChI=1S/C29H48O4/c1-4-7-8-9-10-11-12-13-14-15-16-17-18-24-32-28(30)25-20-22-26(23-21-25)29(31)33-27(6-3)19-5-2/h20-23,27H,4-19,24H2,1-3H3. The van der Waals surface area contributed by atoms with Crippen molar-refractivity contribution >= 4 is 11.9 Å². The molecule has 0 aliphatic rings. The van der Waals surface area contributed by atoms with E-state index in [4.69, 9.17) is 9.47 Å². The normalized spacial score (nSPS) is 11.8. The Hall–Kier alpha value is -1.84. The van der Waals surface area contributed by atoms with Crippen LogP contribution < -0.4 is 0 Å². The minimum atomic E-state index is -0.331. The van der Waals surface area contributed by atoms with E-state index in [-0.39, 0.29) is 18.0 Å². The smallest absolute Gasteiger partial charge is 0.338 e. The van der Waals surface area contributed by atoms with Crippen LogP contribution in [-0.4, -0.2) is 24.6 Å². The van der Waals surface area contributed by atoms with Crippen molar-refractivity contribution in [3.63, 3.8) is 0 Å². The summed E-state index contributed by atoms with van der Waals surface area (Å²) in [5, 5.41) is 0. The van der Waals surface area contributed by atoms with Gasteiger partial charge in [-0.3, -0.25) is 0 Å². The molecule has 4 nitrogen and oxygen atoms in total. The van der Waals surface area contributed by atoms with Gasteiger partial charge >= 0.3 is 11.9 Å². The van der Waals surface area contributed by atoms with Crippen LogP contribution in [0.2, 0.25) is 0 Å². The Labute approximate surface area is 202 Å². The second-order valence-corrected chi connectivity index (χ2v) is 9.18. The number of esters is 2. The molecule has 0 aliphatic heterocycles. The molecule has 0 saturated carbocycles. The van der Waals surface area contributed by atoms with E-state index in [0.717, 1.165) is 32.1 Å². The lowest BCUT2D eigenvalue weighted by atomic mass is 10.0. The van der Waals surface area contributed by atoms with E-state index in [1.165, 1.54) is 70.6 Å². The molecule has 0 N–H and O–H groups in total. The van der Waals surface area contributed by atoms with Gasteiger partial charge in [0.1, 0.15) is 6.10 Å². The van der Waals surface area contributed by atoms with E-state index >= 15 is 0 Å². The highest BCUT2D eigenvalue weighted by Gasteiger charge is 2.15. The Bertz CT molecular complexity index is 623. The molecule has 1 unspecified atom stereocenters. The van der Waals surface area contributed by atoms with Crippen molar-refractivity contribution in [1.29, 1.82) is 0 Å². The Morgan fingerprint density at radius 1 is 0.636 bits per heavy atom. The van der Waals surface area contributed by atoms with Gasteiger partial charge in [0.2, 0.25) is 0 Å². The Balaban J connectivity index is 2.09. The van der Waals surface area contributed by atoms with Gasteiger partial charge in [0.15, 0.2) is 0 Å². The van der Waals surface area contributed by atoms with E-state index in [1.54, 1.807) is 24.3 Å². The summed E-state index contributed by atoms with van der Waals surface area (Å²) >= 11 is 0. The summed E-state index contributed by atoms with van der Waals surface area (Å²) in [5.74, 6) is -0.659. The van der Waals surface area contributed by atoms with Gasteiger partial charge in [-0.05, 0) is 43.5 Å². The molecule has 0 spiro atoms.